The molecule has 4 nitrogen and oxygen atoms in total. The van der Waals surface area contributed by atoms with E-state index < -0.39 is 23.5 Å². The second-order valence-corrected chi connectivity index (χ2v) is 13.0. The summed E-state index contributed by atoms with van der Waals surface area (Å²) in [6.07, 6.45) is 33.8. The van der Waals surface area contributed by atoms with E-state index in [1.54, 1.807) is 6.92 Å². The molecule has 40 heavy (non-hydrogen) atoms. The van der Waals surface area contributed by atoms with Gasteiger partial charge in [0.2, 0.25) is 5.91 Å². The molecular formula is C36H73NO3. The monoisotopic (exact) mass is 568 g/mol. The Morgan fingerprint density at radius 2 is 0.800 bits per heavy atom. The van der Waals surface area contributed by atoms with Crippen LogP contribution in [0, 0.1) is 5.41 Å². The van der Waals surface area contributed by atoms with Crippen LogP contribution in [0.25, 0.3) is 0 Å². The van der Waals surface area contributed by atoms with Crippen molar-refractivity contribution in [1.82, 2.24) is 0 Å². The van der Waals surface area contributed by atoms with Crippen molar-refractivity contribution in [3.05, 3.63) is 0 Å². The number of aliphatic hydroxyl groups excluding tert-OH is 2. The van der Waals surface area contributed by atoms with Gasteiger partial charge in [-0.15, -0.1) is 0 Å². The molecule has 0 aliphatic carbocycles. The molecule has 0 aliphatic rings. The molecule has 4 heteroatoms. The molecule has 0 radical (unpaired) electrons. The van der Waals surface area contributed by atoms with Crippen LogP contribution in [0.4, 0.5) is 0 Å². The minimum atomic E-state index is -1.21. The number of amides is 1. The topological polar surface area (TPSA) is 83.6 Å². The van der Waals surface area contributed by atoms with Crippen LogP contribution in [0.5, 0.6) is 0 Å². The predicted molar refractivity (Wildman–Crippen MR) is 175 cm³/mol. The first-order valence-electron chi connectivity index (χ1n) is 18.1. The summed E-state index contributed by atoms with van der Waals surface area (Å²) < 4.78 is 0. The molecule has 240 valence electrons. The van der Waals surface area contributed by atoms with Crippen molar-refractivity contribution in [1.29, 1.82) is 0 Å². The molecule has 0 aromatic heterocycles. The number of hydrogen-bond acceptors (Lipinski definition) is 3. The van der Waals surface area contributed by atoms with Gasteiger partial charge in [-0.05, 0) is 19.8 Å². The molecule has 0 saturated carbocycles. The number of hydrogen-bond donors (Lipinski definition) is 3. The molecule has 0 aliphatic heterocycles. The summed E-state index contributed by atoms with van der Waals surface area (Å²) in [4.78, 5) is 12.5. The maximum absolute atomic E-state index is 12.5. The van der Waals surface area contributed by atoms with E-state index in [2.05, 4.69) is 13.8 Å². The van der Waals surface area contributed by atoms with Gasteiger partial charge in [0.15, 0.2) is 0 Å². The highest BCUT2D eigenvalue weighted by Crippen LogP contribution is 2.36. The van der Waals surface area contributed by atoms with E-state index in [-0.39, 0.29) is 0 Å². The lowest BCUT2D eigenvalue weighted by Gasteiger charge is -2.38. The number of nitrogens with two attached hydrogens (primary N) is 1. The summed E-state index contributed by atoms with van der Waals surface area (Å²) in [6, 6.07) is 0. The minimum Gasteiger partial charge on any atom is -0.392 e. The fourth-order valence-electron chi connectivity index (χ4n) is 6.37. The van der Waals surface area contributed by atoms with Crippen LogP contribution in [0.15, 0.2) is 0 Å². The smallest absolute Gasteiger partial charge is 0.228 e. The zero-order valence-electron chi connectivity index (χ0n) is 27.5. The van der Waals surface area contributed by atoms with Crippen molar-refractivity contribution < 1.29 is 15.0 Å². The lowest BCUT2D eigenvalue weighted by atomic mass is 9.71. The fraction of sp³-hybridized carbons (Fsp3) is 0.972. The summed E-state index contributed by atoms with van der Waals surface area (Å²) in [5.74, 6) is -0.542. The summed E-state index contributed by atoms with van der Waals surface area (Å²) in [6.45, 7) is 6.16. The van der Waals surface area contributed by atoms with Crippen molar-refractivity contribution in [2.45, 2.75) is 219 Å². The van der Waals surface area contributed by atoms with Crippen molar-refractivity contribution in [2.75, 3.05) is 0 Å². The van der Waals surface area contributed by atoms with Crippen molar-refractivity contribution in [2.24, 2.45) is 11.1 Å². The third kappa shape index (κ3) is 20.3. The van der Waals surface area contributed by atoms with Crippen LogP contribution in [-0.2, 0) is 4.79 Å². The van der Waals surface area contributed by atoms with Crippen LogP contribution < -0.4 is 5.73 Å². The molecule has 0 heterocycles. The van der Waals surface area contributed by atoms with Crippen LogP contribution in [-0.4, -0.2) is 28.3 Å². The van der Waals surface area contributed by atoms with Crippen molar-refractivity contribution in [3.8, 4) is 0 Å². The van der Waals surface area contributed by atoms with E-state index >= 15 is 0 Å². The third-order valence-corrected chi connectivity index (χ3v) is 9.32. The van der Waals surface area contributed by atoms with Gasteiger partial charge in [0.25, 0.3) is 0 Å². The number of unbranched alkanes of at least 4 members (excludes halogenated alkanes) is 25. The summed E-state index contributed by atoms with van der Waals surface area (Å²) in [7, 11) is 0. The summed E-state index contributed by atoms with van der Waals surface area (Å²) >= 11 is 0. The molecule has 0 bridgehead atoms. The van der Waals surface area contributed by atoms with Crippen LogP contribution in [0.3, 0.4) is 0 Å². The van der Waals surface area contributed by atoms with E-state index in [4.69, 9.17) is 5.73 Å². The van der Waals surface area contributed by atoms with E-state index in [0.29, 0.717) is 12.8 Å². The zero-order valence-corrected chi connectivity index (χ0v) is 27.5. The van der Waals surface area contributed by atoms with Crippen molar-refractivity contribution >= 4 is 5.91 Å². The molecule has 4 N–H and O–H groups in total. The second-order valence-electron chi connectivity index (χ2n) is 13.0. The Balaban J connectivity index is 3.99. The molecule has 0 fully saturated rings. The van der Waals surface area contributed by atoms with E-state index in [1.807, 2.05) is 0 Å². The Labute approximate surface area is 251 Å². The standard InChI is InChI=1S/C36H73NO3/c1-4-6-8-10-12-14-16-18-20-22-24-26-28-30-32-36(33(3)38,35(37)40)34(39)31-29-27-25-23-21-19-17-15-13-11-9-7-5-2/h33-34,38-39H,4-32H2,1-3H3,(H2,37,40). The van der Waals surface area contributed by atoms with Crippen LogP contribution >= 0.6 is 0 Å². The molecule has 3 atom stereocenters. The zero-order chi connectivity index (χ0) is 29.7. The Morgan fingerprint density at radius 3 is 1.07 bits per heavy atom. The highest BCUT2D eigenvalue weighted by atomic mass is 16.3. The minimum absolute atomic E-state index is 0.484. The highest BCUT2D eigenvalue weighted by molar-refractivity contribution is 5.82. The first-order valence-corrected chi connectivity index (χ1v) is 18.1. The molecule has 1 amide bonds. The quantitative estimate of drug-likeness (QED) is 0.0707. The molecule has 3 unspecified atom stereocenters. The van der Waals surface area contributed by atoms with Gasteiger partial charge in [0.1, 0.15) is 5.41 Å². The highest BCUT2D eigenvalue weighted by Gasteiger charge is 2.46. The van der Waals surface area contributed by atoms with Crippen molar-refractivity contribution in [3.63, 3.8) is 0 Å². The Bertz CT molecular complexity index is 538. The Hall–Kier alpha value is -0.610. The van der Waals surface area contributed by atoms with Gasteiger partial charge in [-0.1, -0.05) is 187 Å². The summed E-state index contributed by atoms with van der Waals surface area (Å²) in [5, 5.41) is 21.6. The third-order valence-electron chi connectivity index (χ3n) is 9.32. The van der Waals surface area contributed by atoms with Crippen LogP contribution in [0.2, 0.25) is 0 Å². The molecule has 0 saturated heterocycles. The van der Waals surface area contributed by atoms with Gasteiger partial charge in [-0.2, -0.15) is 0 Å². The largest absolute Gasteiger partial charge is 0.392 e. The molecule has 0 aromatic carbocycles. The molecule has 0 rings (SSSR count). The second kappa shape index (κ2) is 28.5. The van der Waals surface area contributed by atoms with Gasteiger partial charge in [-0.3, -0.25) is 4.79 Å². The normalized spacial score (nSPS) is 14.7. The Morgan fingerprint density at radius 1 is 0.525 bits per heavy atom. The number of primary amides is 1. The predicted octanol–water partition coefficient (Wildman–Crippen LogP) is 10.6. The maximum atomic E-state index is 12.5. The van der Waals surface area contributed by atoms with E-state index in [9.17, 15) is 15.0 Å². The average molecular weight is 568 g/mol. The molecular weight excluding hydrogens is 494 g/mol. The number of aliphatic hydroxyl groups is 2. The van der Waals surface area contributed by atoms with Crippen LogP contribution in [0.1, 0.15) is 207 Å². The fourth-order valence-corrected chi connectivity index (χ4v) is 6.37. The number of carbonyl (C=O) groups is 1. The van der Waals surface area contributed by atoms with E-state index in [1.165, 1.54) is 141 Å². The Kier molecular flexibility index (Phi) is 28.1. The SMILES string of the molecule is CCCCCCCCCCCCCCCCC(C(N)=O)(C(C)O)C(O)CCCCCCCCCCCCCCC. The first-order chi connectivity index (χ1) is 19.4. The first kappa shape index (κ1) is 39.4. The van der Waals surface area contributed by atoms with Gasteiger partial charge in [0.05, 0.1) is 12.2 Å². The molecule has 0 aromatic rings. The maximum Gasteiger partial charge on any atom is 0.228 e. The van der Waals surface area contributed by atoms with Gasteiger partial charge in [0, 0.05) is 0 Å². The van der Waals surface area contributed by atoms with Gasteiger partial charge >= 0.3 is 0 Å². The summed E-state index contributed by atoms with van der Waals surface area (Å²) in [5.41, 5.74) is 4.60. The lowest BCUT2D eigenvalue weighted by molar-refractivity contribution is -0.147. The lowest BCUT2D eigenvalue weighted by Crippen LogP contribution is -2.53. The molecule has 0 spiro atoms. The van der Waals surface area contributed by atoms with E-state index in [0.717, 1.165) is 32.1 Å². The number of carbonyl (C=O) groups excluding carboxylic acids is 1. The van der Waals surface area contributed by atoms with Gasteiger partial charge < -0.3 is 15.9 Å². The number of rotatable bonds is 32. The van der Waals surface area contributed by atoms with Gasteiger partial charge in [-0.25, -0.2) is 0 Å². The average Bonchev–Trinajstić information content (AvgIpc) is 2.93.